The third-order valence-electron chi connectivity index (χ3n) is 4.97. The van der Waals surface area contributed by atoms with Crippen molar-refractivity contribution in [3.8, 4) is 0 Å². The second kappa shape index (κ2) is 9.77. The van der Waals surface area contributed by atoms with Crippen LogP contribution in [0.2, 0.25) is 0 Å². The molecule has 2 N–H and O–H groups in total. The van der Waals surface area contributed by atoms with Crippen molar-refractivity contribution in [2.24, 2.45) is 23.0 Å². The van der Waals surface area contributed by atoms with Crippen LogP contribution in [0, 0.1) is 17.3 Å². The van der Waals surface area contributed by atoms with Gasteiger partial charge in [0.25, 0.3) is 0 Å². The Balaban J connectivity index is 0.000000481. The number of quaternary nitrogens is 1. The summed E-state index contributed by atoms with van der Waals surface area (Å²) in [5.41, 5.74) is 5.23. The number of ether oxygens (including phenoxy) is 1. The average molecular weight is 395 g/mol. The van der Waals surface area contributed by atoms with Crippen LogP contribution in [0.4, 0.5) is 0 Å². The number of rotatable bonds is 8. The van der Waals surface area contributed by atoms with Gasteiger partial charge in [0.15, 0.2) is 0 Å². The topological polar surface area (TPSA) is 127 Å². The minimum atomic E-state index is -4.05. The van der Waals surface area contributed by atoms with Gasteiger partial charge < -0.3 is 19.5 Å². The van der Waals surface area contributed by atoms with Gasteiger partial charge in [-0.25, -0.2) is 8.42 Å². The van der Waals surface area contributed by atoms with Crippen LogP contribution < -0.4 is 5.73 Å². The summed E-state index contributed by atoms with van der Waals surface area (Å²) >= 11 is 0. The summed E-state index contributed by atoms with van der Waals surface area (Å²) in [5.74, 6) is -1.58. The summed E-state index contributed by atoms with van der Waals surface area (Å²) in [5, 5.41) is 0. The highest BCUT2D eigenvalue weighted by atomic mass is 32.2. The fourth-order valence-electron chi connectivity index (χ4n) is 2.94. The SMILES string of the molecule is CCC(C)(C)C1C(=O)OC(=O)C1C.C[N+](C)(CCN)CCCS(=O)(=O)[O-]. The molecule has 0 amide bonds. The van der Waals surface area contributed by atoms with Crippen LogP contribution in [-0.4, -0.2) is 68.9 Å². The van der Waals surface area contributed by atoms with Gasteiger partial charge in [0, 0.05) is 18.7 Å². The lowest BCUT2D eigenvalue weighted by atomic mass is 9.72. The van der Waals surface area contributed by atoms with Crippen LogP contribution in [0.3, 0.4) is 0 Å². The Morgan fingerprint density at radius 3 is 2.08 bits per heavy atom. The van der Waals surface area contributed by atoms with E-state index < -0.39 is 10.1 Å². The Morgan fingerprint density at radius 2 is 1.73 bits per heavy atom. The highest BCUT2D eigenvalue weighted by molar-refractivity contribution is 7.85. The number of likely N-dealkylation sites (N-methyl/N-ethyl adjacent to an activating group) is 1. The predicted molar refractivity (Wildman–Crippen MR) is 97.9 cm³/mol. The van der Waals surface area contributed by atoms with E-state index in [9.17, 15) is 22.6 Å². The number of hydrogen-bond acceptors (Lipinski definition) is 7. The van der Waals surface area contributed by atoms with E-state index in [-0.39, 0.29) is 34.9 Å². The molecule has 1 fully saturated rings. The van der Waals surface area contributed by atoms with Crippen LogP contribution in [0.1, 0.15) is 40.5 Å². The monoisotopic (exact) mass is 394 g/mol. The summed E-state index contributed by atoms with van der Waals surface area (Å²) in [6, 6.07) is 0. The highest BCUT2D eigenvalue weighted by Gasteiger charge is 2.48. The molecule has 1 saturated heterocycles. The van der Waals surface area contributed by atoms with E-state index in [0.29, 0.717) is 24.0 Å². The molecule has 0 aromatic rings. The number of cyclic esters (lactones) is 2. The van der Waals surface area contributed by atoms with Gasteiger partial charge in [-0.2, -0.15) is 0 Å². The highest BCUT2D eigenvalue weighted by Crippen LogP contribution is 2.40. The molecular formula is C17H34N2O6S. The standard InChI is InChI=1S/C10H16O3.C7H18N2O3S/c1-5-10(3,4)7-6(2)8(11)13-9(7)12;1-9(2,6-4-8)5-3-7-13(10,11)12/h6-7H,5H2,1-4H3;3-8H2,1-2H3. The first-order chi connectivity index (χ1) is 11.7. The molecule has 1 aliphatic heterocycles. The van der Waals surface area contributed by atoms with Gasteiger partial charge in [-0.1, -0.05) is 34.1 Å². The largest absolute Gasteiger partial charge is 0.748 e. The molecule has 154 valence electrons. The van der Waals surface area contributed by atoms with Crippen LogP contribution in [-0.2, 0) is 24.4 Å². The summed E-state index contributed by atoms with van der Waals surface area (Å²) in [4.78, 5) is 22.5. The molecule has 0 bridgehead atoms. The first-order valence-electron chi connectivity index (χ1n) is 8.88. The van der Waals surface area contributed by atoms with Gasteiger partial charge in [0.1, 0.15) is 0 Å². The zero-order valence-corrected chi connectivity index (χ0v) is 17.6. The summed E-state index contributed by atoms with van der Waals surface area (Å²) in [7, 11) is -0.128. The molecule has 2 unspecified atom stereocenters. The fourth-order valence-corrected chi connectivity index (χ4v) is 3.42. The molecule has 0 aliphatic carbocycles. The van der Waals surface area contributed by atoms with E-state index in [1.165, 1.54) is 0 Å². The van der Waals surface area contributed by atoms with Crippen molar-refractivity contribution < 1.29 is 31.8 Å². The van der Waals surface area contributed by atoms with Crippen molar-refractivity contribution in [1.29, 1.82) is 0 Å². The molecule has 1 heterocycles. The van der Waals surface area contributed by atoms with Crippen molar-refractivity contribution in [3.05, 3.63) is 0 Å². The first-order valence-corrected chi connectivity index (χ1v) is 10.5. The normalized spacial score (nSPS) is 21.2. The number of hydrogen-bond donors (Lipinski definition) is 1. The average Bonchev–Trinajstić information content (AvgIpc) is 2.71. The zero-order chi connectivity index (χ0) is 20.8. The van der Waals surface area contributed by atoms with Crippen LogP contribution in [0.5, 0.6) is 0 Å². The quantitative estimate of drug-likeness (QED) is 0.278. The molecule has 1 rings (SSSR count). The van der Waals surface area contributed by atoms with Gasteiger partial charge in [-0.05, 0) is 5.41 Å². The first kappa shape index (κ1) is 25.0. The maximum Gasteiger partial charge on any atom is 0.318 e. The molecule has 0 radical (unpaired) electrons. The molecule has 8 nitrogen and oxygen atoms in total. The van der Waals surface area contributed by atoms with Crippen molar-refractivity contribution in [2.45, 2.75) is 40.5 Å². The predicted octanol–water partition coefficient (Wildman–Crippen LogP) is 0.715. The second-order valence-electron chi connectivity index (χ2n) is 8.14. The molecule has 0 aromatic carbocycles. The molecule has 1 aliphatic rings. The molecule has 0 aromatic heterocycles. The Morgan fingerprint density at radius 1 is 1.19 bits per heavy atom. The van der Waals surface area contributed by atoms with Gasteiger partial charge >= 0.3 is 11.9 Å². The molecule has 2 atom stereocenters. The maximum absolute atomic E-state index is 11.4. The molecule has 0 saturated carbocycles. The molecular weight excluding hydrogens is 360 g/mol. The van der Waals surface area contributed by atoms with E-state index >= 15 is 0 Å². The van der Waals surface area contributed by atoms with Gasteiger partial charge in [-0.3, -0.25) is 9.59 Å². The van der Waals surface area contributed by atoms with Crippen molar-refractivity contribution in [2.75, 3.05) is 39.5 Å². The molecule has 0 spiro atoms. The zero-order valence-electron chi connectivity index (χ0n) is 16.8. The minimum absolute atomic E-state index is 0.150. The molecule has 26 heavy (non-hydrogen) atoms. The third-order valence-corrected chi connectivity index (χ3v) is 5.76. The Labute approximate surface area is 157 Å². The van der Waals surface area contributed by atoms with Crippen molar-refractivity contribution in [1.82, 2.24) is 0 Å². The van der Waals surface area contributed by atoms with Gasteiger partial charge in [0.2, 0.25) is 0 Å². The van der Waals surface area contributed by atoms with Gasteiger partial charge in [-0.15, -0.1) is 0 Å². The Hall–Kier alpha value is -1.03. The summed E-state index contributed by atoms with van der Waals surface area (Å²) < 4.78 is 36.1. The smallest absolute Gasteiger partial charge is 0.318 e. The fraction of sp³-hybridized carbons (Fsp3) is 0.882. The number of carbonyl (C=O) groups excluding carboxylic acids is 2. The van der Waals surface area contributed by atoms with E-state index in [0.717, 1.165) is 13.0 Å². The van der Waals surface area contributed by atoms with E-state index in [1.54, 1.807) is 6.92 Å². The number of nitrogens with zero attached hydrogens (tertiary/aromatic N) is 1. The number of esters is 2. The van der Waals surface area contributed by atoms with Crippen molar-refractivity contribution >= 4 is 22.1 Å². The third kappa shape index (κ3) is 8.57. The van der Waals surface area contributed by atoms with Crippen LogP contribution >= 0.6 is 0 Å². The Bertz CT molecular complexity index is 586. The lowest BCUT2D eigenvalue weighted by molar-refractivity contribution is -0.888. The molecule has 9 heteroatoms. The van der Waals surface area contributed by atoms with E-state index in [1.807, 2.05) is 34.9 Å². The van der Waals surface area contributed by atoms with Gasteiger partial charge in [0.05, 0.1) is 49.1 Å². The Kier molecular flexibility index (Phi) is 9.39. The maximum atomic E-state index is 11.4. The second-order valence-corrected chi connectivity index (χ2v) is 9.66. The number of carbonyl (C=O) groups is 2. The number of nitrogens with two attached hydrogens (primary N) is 1. The van der Waals surface area contributed by atoms with Crippen LogP contribution in [0.15, 0.2) is 0 Å². The van der Waals surface area contributed by atoms with Crippen LogP contribution in [0.25, 0.3) is 0 Å². The lowest BCUT2D eigenvalue weighted by Crippen LogP contribution is -2.44. The van der Waals surface area contributed by atoms with E-state index in [4.69, 9.17) is 5.73 Å². The lowest BCUT2D eigenvalue weighted by Gasteiger charge is -2.29. The van der Waals surface area contributed by atoms with Crippen molar-refractivity contribution in [3.63, 3.8) is 0 Å². The minimum Gasteiger partial charge on any atom is -0.748 e. The van der Waals surface area contributed by atoms with E-state index in [2.05, 4.69) is 4.74 Å². The summed E-state index contributed by atoms with van der Waals surface area (Å²) in [6.07, 6.45) is 1.27. The summed E-state index contributed by atoms with van der Waals surface area (Å²) in [6.45, 7) is 9.79.